The number of aryl methyl sites for hydroxylation is 1. The molecule has 4 rings (SSSR count). The molecule has 0 bridgehead atoms. The molecule has 0 saturated heterocycles. The Balaban J connectivity index is 1.66. The molecule has 0 radical (unpaired) electrons. The number of amides is 3. The molecule has 1 saturated carbocycles. The number of carbonyl (C=O) groups is 3. The number of ether oxygens (including phenoxy) is 2. The first kappa shape index (κ1) is 42.3. The van der Waals surface area contributed by atoms with Gasteiger partial charge in [-0.2, -0.15) is 0 Å². The first-order valence-electron chi connectivity index (χ1n) is 18.3. The number of nitrogens with one attached hydrogen (secondary N) is 1. The van der Waals surface area contributed by atoms with Gasteiger partial charge in [0, 0.05) is 72.7 Å². The number of fused-ring (bicyclic) bond motifs is 1. The second-order valence-corrected chi connectivity index (χ2v) is 16.3. The van der Waals surface area contributed by atoms with E-state index in [0.717, 1.165) is 31.4 Å². The van der Waals surface area contributed by atoms with Gasteiger partial charge in [-0.3, -0.25) is 19.1 Å². The fraction of sp³-hybridized carbons (Fsp3) is 0.564. The fourth-order valence-electron chi connectivity index (χ4n) is 6.70. The molecule has 2 aromatic rings. The maximum absolute atomic E-state index is 12.9. The lowest BCUT2D eigenvalue weighted by Gasteiger charge is -2.44. The van der Waals surface area contributed by atoms with E-state index < -0.39 is 23.2 Å². The SMILES string of the molecule is CCCc1cc(Cl)ccc1C1COc2ccc(C(O)C(=O)NS(=O)N(C)C)cc2N(CC2CCC2C(/C=C/CCN(C)C(C)=O)OCC(=O)N(C)C)C1. The van der Waals surface area contributed by atoms with Gasteiger partial charge in [0.2, 0.25) is 11.8 Å². The van der Waals surface area contributed by atoms with Gasteiger partial charge in [-0.15, -0.1) is 0 Å². The lowest BCUT2D eigenvalue weighted by Crippen LogP contribution is -2.45. The van der Waals surface area contributed by atoms with Crippen LogP contribution < -0.4 is 14.4 Å². The molecule has 0 aromatic heterocycles. The Hall–Kier alpha value is -3.49. The van der Waals surface area contributed by atoms with E-state index in [9.17, 15) is 23.7 Å². The third-order valence-corrected chi connectivity index (χ3v) is 11.4. The van der Waals surface area contributed by atoms with Crippen LogP contribution in [0.1, 0.15) is 68.2 Å². The highest BCUT2D eigenvalue weighted by molar-refractivity contribution is 7.81. The van der Waals surface area contributed by atoms with Crippen molar-refractivity contribution in [2.75, 3.05) is 73.0 Å². The van der Waals surface area contributed by atoms with E-state index in [1.807, 2.05) is 24.3 Å². The van der Waals surface area contributed by atoms with Crippen molar-refractivity contribution in [2.45, 2.75) is 64.1 Å². The Bertz CT molecular complexity index is 1640. The Kier molecular flexibility index (Phi) is 15.7. The fourth-order valence-corrected chi connectivity index (χ4v) is 7.36. The predicted molar refractivity (Wildman–Crippen MR) is 209 cm³/mol. The van der Waals surface area contributed by atoms with Crippen LogP contribution in [0.25, 0.3) is 0 Å². The monoisotopic (exact) mass is 773 g/mol. The normalized spacial score (nSPS) is 20.1. The number of carbonyl (C=O) groups excluding carboxylic acids is 3. The van der Waals surface area contributed by atoms with Crippen LogP contribution in [0.5, 0.6) is 5.75 Å². The topological polar surface area (TPSA) is 132 Å². The first-order chi connectivity index (χ1) is 25.2. The molecule has 1 fully saturated rings. The van der Waals surface area contributed by atoms with E-state index >= 15 is 0 Å². The molecule has 14 heteroatoms. The Morgan fingerprint density at radius 3 is 2.53 bits per heavy atom. The summed E-state index contributed by atoms with van der Waals surface area (Å²) in [6.45, 7) is 5.91. The predicted octanol–water partition coefficient (Wildman–Crippen LogP) is 4.49. The van der Waals surface area contributed by atoms with E-state index in [-0.39, 0.29) is 42.3 Å². The lowest BCUT2D eigenvalue weighted by atomic mass is 9.70. The molecule has 292 valence electrons. The second-order valence-electron chi connectivity index (χ2n) is 14.4. The summed E-state index contributed by atoms with van der Waals surface area (Å²) in [7, 11) is 8.32. The molecule has 1 aliphatic heterocycles. The van der Waals surface area contributed by atoms with Gasteiger partial charge in [0.25, 0.3) is 5.91 Å². The van der Waals surface area contributed by atoms with Gasteiger partial charge in [0.15, 0.2) is 17.3 Å². The summed E-state index contributed by atoms with van der Waals surface area (Å²) in [6, 6.07) is 11.3. The number of hydrogen-bond acceptors (Lipinski definition) is 8. The van der Waals surface area contributed by atoms with Gasteiger partial charge in [0.05, 0.1) is 18.4 Å². The van der Waals surface area contributed by atoms with Crippen molar-refractivity contribution >= 4 is 46.2 Å². The molecule has 0 spiro atoms. The van der Waals surface area contributed by atoms with Gasteiger partial charge in [-0.05, 0) is 78.5 Å². The summed E-state index contributed by atoms with van der Waals surface area (Å²) in [6.07, 6.45) is 6.59. The van der Waals surface area contributed by atoms with E-state index in [0.29, 0.717) is 49.0 Å². The standard InChI is InChI=1S/C39H56ClN5O7S/c1-8-11-27-20-31(40)15-17-32(27)30-23-45(34-21-28(14-18-36(34)51-24-30)38(48)39(49)41-53(50)43(5)6)22-29-13-16-33(29)35(52-25-37(47)42(3)4)12-9-10-19-44(7)26(2)46/h9,12,14-15,17-18,20-21,29-30,33,35,38,48H,8,10-11,13,16,19,22-25H2,1-7H3,(H,41,49)/b12-9+. The average Bonchev–Trinajstić information content (AvgIpc) is 3.28. The molecule has 6 atom stereocenters. The first-order valence-corrected chi connectivity index (χ1v) is 19.8. The van der Waals surface area contributed by atoms with Crippen molar-refractivity contribution in [3.63, 3.8) is 0 Å². The number of anilines is 1. The van der Waals surface area contributed by atoms with E-state index in [1.54, 1.807) is 65.3 Å². The Morgan fingerprint density at radius 2 is 1.89 bits per heavy atom. The molecule has 2 N–H and O–H groups in total. The third-order valence-electron chi connectivity index (χ3n) is 10.1. The summed E-state index contributed by atoms with van der Waals surface area (Å²) < 4.78 is 28.7. The van der Waals surface area contributed by atoms with E-state index in [2.05, 4.69) is 22.6 Å². The van der Waals surface area contributed by atoms with Crippen molar-refractivity contribution < 1.29 is 33.2 Å². The minimum absolute atomic E-state index is 0.00171. The molecular formula is C39H56ClN5O7S. The molecule has 53 heavy (non-hydrogen) atoms. The van der Waals surface area contributed by atoms with Crippen molar-refractivity contribution in [1.82, 2.24) is 18.8 Å². The second kappa shape index (κ2) is 19.7. The third kappa shape index (κ3) is 11.5. The van der Waals surface area contributed by atoms with Crippen LogP contribution >= 0.6 is 11.6 Å². The lowest BCUT2D eigenvalue weighted by molar-refractivity contribution is -0.137. The van der Waals surface area contributed by atoms with Gasteiger partial charge in [-0.25, -0.2) is 8.51 Å². The minimum atomic E-state index is -1.79. The average molecular weight is 774 g/mol. The maximum atomic E-state index is 12.9. The van der Waals surface area contributed by atoms with Crippen LogP contribution in [-0.4, -0.2) is 115 Å². The summed E-state index contributed by atoms with van der Waals surface area (Å²) in [5.74, 6) is 0.0849. The number of benzene rings is 2. The van der Waals surface area contributed by atoms with E-state index in [4.69, 9.17) is 21.1 Å². The van der Waals surface area contributed by atoms with Crippen LogP contribution in [0.15, 0.2) is 48.6 Å². The van der Waals surface area contributed by atoms with Crippen LogP contribution in [0, 0.1) is 11.8 Å². The Labute approximate surface area is 322 Å². The largest absolute Gasteiger partial charge is 0.491 e. The molecule has 2 aliphatic rings. The Morgan fingerprint density at radius 1 is 1.13 bits per heavy atom. The van der Waals surface area contributed by atoms with Gasteiger partial charge >= 0.3 is 0 Å². The zero-order chi connectivity index (χ0) is 38.8. The number of aliphatic hydroxyl groups excluding tert-OH is 1. The summed E-state index contributed by atoms with van der Waals surface area (Å²) in [5, 5.41) is 11.8. The number of nitrogens with zero attached hydrogens (tertiary/aromatic N) is 4. The number of hydrogen-bond donors (Lipinski definition) is 2. The quantitative estimate of drug-likeness (QED) is 0.225. The molecule has 12 nitrogen and oxygen atoms in total. The van der Waals surface area contributed by atoms with Crippen LogP contribution in [0.4, 0.5) is 5.69 Å². The number of aliphatic hydroxyl groups is 1. The highest BCUT2D eigenvalue weighted by Crippen LogP contribution is 2.43. The van der Waals surface area contributed by atoms with Crippen LogP contribution in [0.2, 0.25) is 5.02 Å². The molecule has 2 aromatic carbocycles. The molecular weight excluding hydrogens is 718 g/mol. The zero-order valence-electron chi connectivity index (χ0n) is 32.0. The highest BCUT2D eigenvalue weighted by atomic mass is 35.5. The maximum Gasteiger partial charge on any atom is 0.266 e. The van der Waals surface area contributed by atoms with Gasteiger partial charge in [-0.1, -0.05) is 49.2 Å². The number of rotatable bonds is 17. The number of likely N-dealkylation sites (N-methyl/N-ethyl adjacent to an activating group) is 1. The molecule has 6 unspecified atom stereocenters. The minimum Gasteiger partial charge on any atom is -0.491 e. The summed E-state index contributed by atoms with van der Waals surface area (Å²) in [5.41, 5.74) is 3.47. The van der Waals surface area contributed by atoms with Crippen molar-refractivity contribution in [2.24, 2.45) is 11.8 Å². The summed E-state index contributed by atoms with van der Waals surface area (Å²) >= 11 is 4.65. The van der Waals surface area contributed by atoms with Crippen molar-refractivity contribution in [3.05, 3.63) is 70.3 Å². The molecule has 1 aliphatic carbocycles. The van der Waals surface area contributed by atoms with Crippen molar-refractivity contribution in [3.8, 4) is 5.75 Å². The van der Waals surface area contributed by atoms with E-state index in [1.165, 1.54) is 20.3 Å². The molecule has 1 heterocycles. The highest BCUT2D eigenvalue weighted by Gasteiger charge is 2.39. The van der Waals surface area contributed by atoms with Gasteiger partial charge in [0.1, 0.15) is 12.4 Å². The summed E-state index contributed by atoms with van der Waals surface area (Å²) in [4.78, 5) is 42.7. The smallest absolute Gasteiger partial charge is 0.266 e. The van der Waals surface area contributed by atoms with Crippen LogP contribution in [0.3, 0.4) is 0 Å². The van der Waals surface area contributed by atoms with Gasteiger partial charge < -0.3 is 29.3 Å². The molecule has 3 amide bonds. The number of halogens is 1. The van der Waals surface area contributed by atoms with Crippen molar-refractivity contribution in [1.29, 1.82) is 0 Å². The zero-order valence-corrected chi connectivity index (χ0v) is 33.6. The van der Waals surface area contributed by atoms with Crippen LogP contribution in [-0.2, 0) is 36.7 Å².